The van der Waals surface area contributed by atoms with Crippen molar-refractivity contribution in [3.63, 3.8) is 0 Å². The molecule has 0 aliphatic carbocycles. The molecule has 0 saturated carbocycles. The molecule has 1 fully saturated rings. The van der Waals surface area contributed by atoms with Gasteiger partial charge in [-0.15, -0.1) is 0 Å². The zero-order chi connectivity index (χ0) is 24.6. The molecule has 5 rings (SSSR count). The number of amides is 2. The van der Waals surface area contributed by atoms with Crippen LogP contribution in [0.1, 0.15) is 33.6 Å². The Morgan fingerprint density at radius 3 is 2.31 bits per heavy atom. The number of rotatable bonds is 7. The first kappa shape index (κ1) is 23.3. The van der Waals surface area contributed by atoms with Crippen LogP contribution in [0, 0.1) is 0 Å². The number of hydrogen-bond acceptors (Lipinski definition) is 6. The van der Waals surface area contributed by atoms with Gasteiger partial charge in [0.25, 0.3) is 21.8 Å². The fraction of sp³-hybridized carbons (Fsp3) is 0.200. The number of halogens is 1. The molecule has 2 aliphatic rings. The van der Waals surface area contributed by atoms with Crippen molar-refractivity contribution in [3.8, 4) is 11.5 Å². The largest absolute Gasteiger partial charge is 0.457 e. The second-order valence-electron chi connectivity index (χ2n) is 8.25. The molecule has 1 atom stereocenters. The van der Waals surface area contributed by atoms with Crippen molar-refractivity contribution in [3.05, 3.63) is 82.9 Å². The summed E-state index contributed by atoms with van der Waals surface area (Å²) >= 11 is 5.82. The van der Waals surface area contributed by atoms with Crippen LogP contribution in [-0.2, 0) is 14.8 Å². The lowest BCUT2D eigenvalue weighted by atomic mass is 10.1. The number of carbonyl (C=O) groups excluding carboxylic acids is 2. The fourth-order valence-corrected chi connectivity index (χ4v) is 5.23. The van der Waals surface area contributed by atoms with E-state index in [1.807, 2.05) is 0 Å². The summed E-state index contributed by atoms with van der Waals surface area (Å²) in [6.45, 7) is 0.892. The van der Waals surface area contributed by atoms with E-state index in [2.05, 4.69) is 4.72 Å². The van der Waals surface area contributed by atoms with E-state index in [4.69, 9.17) is 21.1 Å². The highest BCUT2D eigenvalue weighted by atomic mass is 35.5. The zero-order valence-electron chi connectivity index (χ0n) is 18.4. The van der Waals surface area contributed by atoms with Crippen molar-refractivity contribution in [2.75, 3.05) is 17.9 Å². The number of benzene rings is 3. The minimum atomic E-state index is -3.77. The van der Waals surface area contributed by atoms with Crippen LogP contribution in [0.5, 0.6) is 11.5 Å². The first-order valence-corrected chi connectivity index (χ1v) is 12.8. The van der Waals surface area contributed by atoms with Crippen LogP contribution < -0.4 is 9.46 Å². The first-order valence-electron chi connectivity index (χ1n) is 11.0. The Balaban J connectivity index is 1.27. The minimum absolute atomic E-state index is 0.0909. The predicted octanol–water partition coefficient (Wildman–Crippen LogP) is 4.71. The van der Waals surface area contributed by atoms with Gasteiger partial charge in [0.15, 0.2) is 0 Å². The summed E-state index contributed by atoms with van der Waals surface area (Å²) in [4.78, 5) is 26.8. The lowest BCUT2D eigenvalue weighted by Gasteiger charge is -2.17. The molecular weight excluding hydrogens is 492 g/mol. The van der Waals surface area contributed by atoms with Crippen LogP contribution in [0.4, 0.5) is 5.69 Å². The Labute approximate surface area is 207 Å². The molecule has 0 spiro atoms. The molecule has 180 valence electrons. The standard InChI is InChI=1S/C25H21ClN2O6S/c26-16-3-10-21(11-4-16)35(31,32)27-17-5-7-18(8-6-17)34-19-9-12-22-23(14-19)25(30)28(24(22)29)15-20-2-1-13-33-20/h3-12,14,20,27H,1-2,13,15H2. The van der Waals surface area contributed by atoms with Gasteiger partial charge in [-0.25, -0.2) is 8.42 Å². The first-order chi connectivity index (χ1) is 16.8. The number of fused-ring (bicyclic) bond motifs is 1. The Hall–Kier alpha value is -3.40. The third-order valence-corrected chi connectivity index (χ3v) is 7.47. The van der Waals surface area contributed by atoms with Crippen molar-refractivity contribution < 1.29 is 27.5 Å². The van der Waals surface area contributed by atoms with Crippen LogP contribution >= 0.6 is 11.6 Å². The van der Waals surface area contributed by atoms with Gasteiger partial charge in [-0.3, -0.25) is 19.2 Å². The lowest BCUT2D eigenvalue weighted by molar-refractivity contribution is 0.0475. The highest BCUT2D eigenvalue weighted by Gasteiger charge is 2.37. The molecule has 1 unspecified atom stereocenters. The van der Waals surface area contributed by atoms with Gasteiger partial charge in [-0.05, 0) is 79.6 Å². The second-order valence-corrected chi connectivity index (χ2v) is 10.4. The van der Waals surface area contributed by atoms with E-state index in [-0.39, 0.29) is 34.9 Å². The Morgan fingerprint density at radius 1 is 0.943 bits per heavy atom. The average Bonchev–Trinajstić information content (AvgIpc) is 3.43. The van der Waals surface area contributed by atoms with Gasteiger partial charge in [-0.2, -0.15) is 0 Å². The van der Waals surface area contributed by atoms with Gasteiger partial charge in [0, 0.05) is 17.3 Å². The number of ether oxygens (including phenoxy) is 2. The number of nitrogens with zero attached hydrogens (tertiary/aromatic N) is 1. The summed E-state index contributed by atoms with van der Waals surface area (Å²) in [5, 5.41) is 0.443. The molecule has 2 amide bonds. The van der Waals surface area contributed by atoms with Crippen LogP contribution in [0.3, 0.4) is 0 Å². The average molecular weight is 513 g/mol. The Bertz CT molecular complexity index is 1380. The molecule has 3 aromatic carbocycles. The summed E-state index contributed by atoms with van der Waals surface area (Å²) in [6, 6.07) is 16.9. The number of carbonyl (C=O) groups is 2. The SMILES string of the molecule is O=C1c2ccc(Oc3ccc(NS(=O)(=O)c4ccc(Cl)cc4)cc3)cc2C(=O)N1CC1CCCO1. The topological polar surface area (TPSA) is 102 Å². The monoisotopic (exact) mass is 512 g/mol. The van der Waals surface area contributed by atoms with E-state index >= 15 is 0 Å². The quantitative estimate of drug-likeness (QED) is 0.460. The molecule has 0 aromatic heterocycles. The smallest absolute Gasteiger partial charge is 0.261 e. The van der Waals surface area contributed by atoms with Crippen LogP contribution in [0.25, 0.3) is 0 Å². The van der Waals surface area contributed by atoms with Gasteiger partial charge in [0.05, 0.1) is 28.7 Å². The molecule has 35 heavy (non-hydrogen) atoms. The van der Waals surface area contributed by atoms with Gasteiger partial charge in [0.1, 0.15) is 11.5 Å². The molecule has 10 heteroatoms. The maximum absolute atomic E-state index is 12.8. The summed E-state index contributed by atoms with van der Waals surface area (Å²) in [5.41, 5.74) is 0.983. The zero-order valence-corrected chi connectivity index (χ0v) is 20.0. The maximum Gasteiger partial charge on any atom is 0.261 e. The lowest BCUT2D eigenvalue weighted by Crippen LogP contribution is -2.36. The second kappa shape index (κ2) is 9.33. The van der Waals surface area contributed by atoms with Crippen molar-refractivity contribution >= 4 is 39.1 Å². The van der Waals surface area contributed by atoms with Gasteiger partial charge in [0.2, 0.25) is 0 Å². The van der Waals surface area contributed by atoms with Crippen molar-refractivity contribution in [2.45, 2.75) is 23.8 Å². The van der Waals surface area contributed by atoms with Crippen molar-refractivity contribution in [1.29, 1.82) is 0 Å². The molecule has 8 nitrogen and oxygen atoms in total. The minimum Gasteiger partial charge on any atom is -0.457 e. The van der Waals surface area contributed by atoms with Gasteiger partial charge >= 0.3 is 0 Å². The molecule has 2 aliphatic heterocycles. The number of nitrogens with one attached hydrogen (secondary N) is 1. The van der Waals surface area contributed by atoms with Crippen LogP contribution in [0.15, 0.2) is 71.6 Å². The summed E-state index contributed by atoms with van der Waals surface area (Å²) in [6.07, 6.45) is 1.63. The van der Waals surface area contributed by atoms with E-state index in [9.17, 15) is 18.0 Å². The summed E-state index contributed by atoms with van der Waals surface area (Å²) in [7, 11) is -3.77. The van der Waals surface area contributed by atoms with E-state index < -0.39 is 10.0 Å². The summed E-state index contributed by atoms with van der Waals surface area (Å²) in [5.74, 6) is 0.132. The van der Waals surface area contributed by atoms with E-state index in [0.717, 1.165) is 12.8 Å². The van der Waals surface area contributed by atoms with Crippen LogP contribution in [0.2, 0.25) is 5.02 Å². The van der Waals surface area contributed by atoms with E-state index in [0.29, 0.717) is 34.4 Å². The molecule has 1 saturated heterocycles. The number of imide groups is 1. The third-order valence-electron chi connectivity index (χ3n) is 5.82. The maximum atomic E-state index is 12.8. The van der Waals surface area contributed by atoms with E-state index in [1.165, 1.54) is 29.2 Å². The van der Waals surface area contributed by atoms with E-state index in [1.54, 1.807) is 42.5 Å². The Kier molecular flexibility index (Phi) is 6.22. The fourth-order valence-electron chi connectivity index (χ4n) is 4.05. The predicted molar refractivity (Wildman–Crippen MR) is 130 cm³/mol. The molecule has 2 heterocycles. The molecule has 1 N–H and O–H groups in total. The number of hydrogen-bond donors (Lipinski definition) is 1. The number of sulfonamides is 1. The highest BCUT2D eigenvalue weighted by Crippen LogP contribution is 2.31. The third kappa shape index (κ3) is 4.88. The normalized spacial score (nSPS) is 17.5. The Morgan fingerprint density at radius 2 is 1.63 bits per heavy atom. The van der Waals surface area contributed by atoms with Gasteiger partial charge < -0.3 is 9.47 Å². The van der Waals surface area contributed by atoms with Crippen LogP contribution in [-0.4, -0.2) is 44.4 Å². The molecule has 0 bridgehead atoms. The summed E-state index contributed by atoms with van der Waals surface area (Å²) < 4.78 is 39.0. The molecule has 3 aromatic rings. The number of anilines is 1. The van der Waals surface area contributed by atoms with Crippen molar-refractivity contribution in [2.24, 2.45) is 0 Å². The molecule has 0 radical (unpaired) electrons. The van der Waals surface area contributed by atoms with Crippen molar-refractivity contribution in [1.82, 2.24) is 4.90 Å². The highest BCUT2D eigenvalue weighted by molar-refractivity contribution is 7.92. The van der Waals surface area contributed by atoms with Gasteiger partial charge in [-0.1, -0.05) is 11.6 Å². The molecular formula is C25H21ClN2O6S.